The van der Waals surface area contributed by atoms with Gasteiger partial charge in [-0.3, -0.25) is 9.69 Å². The van der Waals surface area contributed by atoms with E-state index in [4.69, 9.17) is 9.72 Å². The van der Waals surface area contributed by atoms with Crippen LogP contribution in [0.4, 0.5) is 5.13 Å². The molecule has 0 N–H and O–H groups in total. The third-order valence-electron chi connectivity index (χ3n) is 6.73. The number of benzene rings is 2. The molecular weight excluding hydrogens is 539 g/mol. The zero-order chi connectivity index (χ0) is 27.1. The van der Waals surface area contributed by atoms with Crippen LogP contribution in [0.1, 0.15) is 62.7 Å². The smallest absolute Gasteiger partial charge is 0.260 e. The molecule has 0 radical (unpaired) electrons. The summed E-state index contributed by atoms with van der Waals surface area (Å²) in [7, 11) is -3.63. The molecule has 1 fully saturated rings. The molecule has 1 aromatic heterocycles. The Labute approximate surface area is 234 Å². The molecule has 0 spiro atoms. The van der Waals surface area contributed by atoms with Gasteiger partial charge in [0.2, 0.25) is 10.0 Å². The minimum atomic E-state index is -3.63. The van der Waals surface area contributed by atoms with Gasteiger partial charge in [0.05, 0.1) is 27.8 Å². The van der Waals surface area contributed by atoms with Gasteiger partial charge in [0.15, 0.2) is 5.13 Å². The van der Waals surface area contributed by atoms with E-state index in [9.17, 15) is 13.2 Å². The molecular formula is C28H37N3O4S3. The van der Waals surface area contributed by atoms with E-state index in [-0.39, 0.29) is 16.9 Å². The standard InChI is InChI=1S/C28H37N3O4S3/c1-4-6-16-30(17-7-5-2)38(33,34)24-13-10-21(11-14-24)27(32)31(20-22-9-8-18-35-22)28-29-25-15-12-23(36-3)19-26(25)37-28/h10-15,19,22H,4-9,16-18,20H2,1-3H3. The van der Waals surface area contributed by atoms with Crippen molar-refractivity contribution in [2.75, 3.05) is 37.4 Å². The lowest BCUT2D eigenvalue weighted by molar-refractivity contribution is 0.0917. The summed E-state index contributed by atoms with van der Waals surface area (Å²) in [5.74, 6) is -0.206. The van der Waals surface area contributed by atoms with E-state index in [0.29, 0.717) is 36.9 Å². The number of carbonyl (C=O) groups excluding carboxylic acids is 1. The van der Waals surface area contributed by atoms with E-state index in [1.165, 1.54) is 11.3 Å². The van der Waals surface area contributed by atoms with Crippen molar-refractivity contribution in [3.05, 3.63) is 48.0 Å². The quantitative estimate of drug-likeness (QED) is 0.218. The van der Waals surface area contributed by atoms with Crippen molar-refractivity contribution < 1.29 is 17.9 Å². The third kappa shape index (κ3) is 6.77. The van der Waals surface area contributed by atoms with Gasteiger partial charge >= 0.3 is 0 Å². The molecule has 1 aliphatic heterocycles. The van der Waals surface area contributed by atoms with E-state index >= 15 is 0 Å². The summed E-state index contributed by atoms with van der Waals surface area (Å²) in [5.41, 5.74) is 1.29. The van der Waals surface area contributed by atoms with Crippen molar-refractivity contribution in [3.63, 3.8) is 0 Å². The van der Waals surface area contributed by atoms with Gasteiger partial charge in [-0.2, -0.15) is 4.31 Å². The first kappa shape index (κ1) is 29.0. The second-order valence-corrected chi connectivity index (χ2v) is 13.3. The zero-order valence-corrected chi connectivity index (χ0v) is 24.8. The summed E-state index contributed by atoms with van der Waals surface area (Å²) in [6.07, 6.45) is 7.35. The second kappa shape index (κ2) is 13.4. The number of thioether (sulfide) groups is 1. The third-order valence-corrected chi connectivity index (χ3v) is 10.4. The number of unbranched alkanes of at least 4 members (excludes halogenated alkanes) is 2. The number of ether oxygens (including phenoxy) is 1. The van der Waals surface area contributed by atoms with Crippen LogP contribution in [0.3, 0.4) is 0 Å². The van der Waals surface area contributed by atoms with Crippen LogP contribution >= 0.6 is 23.1 Å². The molecule has 1 saturated heterocycles. The topological polar surface area (TPSA) is 79.8 Å². The van der Waals surface area contributed by atoms with Crippen LogP contribution in [-0.2, 0) is 14.8 Å². The summed E-state index contributed by atoms with van der Waals surface area (Å²) in [4.78, 5) is 21.6. The first-order valence-corrected chi connectivity index (χ1v) is 16.8. The number of carbonyl (C=O) groups is 1. The van der Waals surface area contributed by atoms with Gasteiger partial charge in [-0.05, 0) is 74.4 Å². The van der Waals surface area contributed by atoms with Crippen LogP contribution in [0.5, 0.6) is 0 Å². The lowest BCUT2D eigenvalue weighted by Crippen LogP contribution is -2.37. The van der Waals surface area contributed by atoms with Crippen LogP contribution < -0.4 is 4.90 Å². The minimum Gasteiger partial charge on any atom is -0.376 e. The average molecular weight is 576 g/mol. The molecule has 2 heterocycles. The number of thiazole rings is 1. The number of amides is 1. The maximum Gasteiger partial charge on any atom is 0.260 e. The van der Waals surface area contributed by atoms with Crippen LogP contribution in [0.15, 0.2) is 52.3 Å². The van der Waals surface area contributed by atoms with Crippen LogP contribution in [0.25, 0.3) is 10.2 Å². The lowest BCUT2D eigenvalue weighted by atomic mass is 10.2. The van der Waals surface area contributed by atoms with Crippen molar-refractivity contribution in [2.45, 2.75) is 68.3 Å². The first-order valence-electron chi connectivity index (χ1n) is 13.4. The summed E-state index contributed by atoms with van der Waals surface area (Å²) in [5, 5.41) is 0.626. The van der Waals surface area contributed by atoms with Gasteiger partial charge in [0.25, 0.3) is 5.91 Å². The number of hydrogen-bond acceptors (Lipinski definition) is 7. The fourth-order valence-electron chi connectivity index (χ4n) is 4.47. The maximum atomic E-state index is 13.8. The second-order valence-electron chi connectivity index (χ2n) is 9.52. The predicted molar refractivity (Wildman–Crippen MR) is 157 cm³/mol. The van der Waals surface area contributed by atoms with E-state index in [2.05, 4.69) is 19.9 Å². The number of fused-ring (bicyclic) bond motifs is 1. The van der Waals surface area contributed by atoms with Crippen LogP contribution in [-0.4, -0.2) is 62.2 Å². The normalized spacial score (nSPS) is 15.9. The van der Waals surface area contributed by atoms with Gasteiger partial charge in [0, 0.05) is 30.2 Å². The highest BCUT2D eigenvalue weighted by Gasteiger charge is 2.28. The molecule has 0 aliphatic carbocycles. The molecule has 3 aromatic rings. The Morgan fingerprint density at radius 2 is 1.82 bits per heavy atom. The molecule has 206 valence electrons. The summed E-state index contributed by atoms with van der Waals surface area (Å²) in [6, 6.07) is 12.5. The minimum absolute atomic E-state index is 0.0435. The summed E-state index contributed by atoms with van der Waals surface area (Å²) in [6.45, 7) is 6.23. The molecule has 38 heavy (non-hydrogen) atoms. The van der Waals surface area contributed by atoms with Gasteiger partial charge < -0.3 is 4.74 Å². The molecule has 4 rings (SSSR count). The van der Waals surface area contributed by atoms with Crippen molar-refractivity contribution in [2.24, 2.45) is 0 Å². The largest absolute Gasteiger partial charge is 0.376 e. The van der Waals surface area contributed by atoms with E-state index < -0.39 is 10.0 Å². The fourth-order valence-corrected chi connectivity index (χ4v) is 7.51. The molecule has 1 amide bonds. The van der Waals surface area contributed by atoms with Crippen molar-refractivity contribution in [3.8, 4) is 0 Å². The number of rotatable bonds is 13. The van der Waals surface area contributed by atoms with Crippen molar-refractivity contribution in [1.29, 1.82) is 0 Å². The van der Waals surface area contributed by atoms with E-state index in [0.717, 1.165) is 53.6 Å². The number of nitrogens with zero attached hydrogens (tertiary/aromatic N) is 3. The summed E-state index contributed by atoms with van der Waals surface area (Å²) < 4.78 is 35.2. The first-order chi connectivity index (χ1) is 18.4. The molecule has 1 atom stereocenters. The summed E-state index contributed by atoms with van der Waals surface area (Å²) >= 11 is 3.16. The van der Waals surface area contributed by atoms with Crippen LogP contribution in [0, 0.1) is 0 Å². The maximum absolute atomic E-state index is 13.8. The highest BCUT2D eigenvalue weighted by molar-refractivity contribution is 7.98. The van der Waals surface area contributed by atoms with Gasteiger partial charge in [-0.15, -0.1) is 11.8 Å². The molecule has 1 unspecified atom stereocenters. The van der Waals surface area contributed by atoms with Crippen LogP contribution in [0.2, 0.25) is 0 Å². The van der Waals surface area contributed by atoms with Gasteiger partial charge in [-0.25, -0.2) is 13.4 Å². The van der Waals surface area contributed by atoms with E-state index in [1.54, 1.807) is 45.2 Å². The Balaban J connectivity index is 1.61. The van der Waals surface area contributed by atoms with Gasteiger partial charge in [-0.1, -0.05) is 38.0 Å². The monoisotopic (exact) mass is 575 g/mol. The lowest BCUT2D eigenvalue weighted by Gasteiger charge is -2.24. The fraction of sp³-hybridized carbons (Fsp3) is 0.500. The Hall–Kier alpha value is -1.98. The number of sulfonamides is 1. The number of anilines is 1. The van der Waals surface area contributed by atoms with E-state index in [1.807, 2.05) is 18.4 Å². The molecule has 2 aromatic carbocycles. The number of aromatic nitrogens is 1. The van der Waals surface area contributed by atoms with Gasteiger partial charge in [0.1, 0.15) is 0 Å². The molecule has 1 aliphatic rings. The average Bonchev–Trinajstić information content (AvgIpc) is 3.60. The zero-order valence-electron chi connectivity index (χ0n) is 22.4. The number of hydrogen-bond donors (Lipinski definition) is 0. The molecule has 0 saturated carbocycles. The SMILES string of the molecule is CCCCN(CCCC)S(=O)(=O)c1ccc(C(=O)N(CC2CCCO2)c2nc3ccc(SC)cc3s2)cc1. The van der Waals surface area contributed by atoms with Crippen molar-refractivity contribution in [1.82, 2.24) is 9.29 Å². The Bertz CT molecular complexity index is 1310. The molecule has 0 bridgehead atoms. The van der Waals surface area contributed by atoms with Crippen molar-refractivity contribution >= 4 is 54.4 Å². The Morgan fingerprint density at radius 3 is 2.42 bits per heavy atom. The Morgan fingerprint density at radius 1 is 1.11 bits per heavy atom. The molecule has 10 heteroatoms. The predicted octanol–water partition coefficient (Wildman–Crippen LogP) is 6.43. The Kier molecular flexibility index (Phi) is 10.2. The molecule has 7 nitrogen and oxygen atoms in total. The highest BCUT2D eigenvalue weighted by atomic mass is 32.2. The highest BCUT2D eigenvalue weighted by Crippen LogP contribution is 2.33.